The first-order chi connectivity index (χ1) is 8.56. The van der Waals surface area contributed by atoms with Crippen LogP contribution in [0.2, 0.25) is 0 Å². The van der Waals surface area contributed by atoms with Gasteiger partial charge < -0.3 is 10.6 Å². The number of nitrogens with one attached hydrogen (secondary N) is 2. The maximum Gasteiger partial charge on any atom is 0.254 e. The number of hydrogen-bond acceptors (Lipinski definition) is 3. The molecule has 0 radical (unpaired) electrons. The average Bonchev–Trinajstić information content (AvgIpc) is 2.31. The normalized spacial score (nSPS) is 10.5. The van der Waals surface area contributed by atoms with E-state index >= 15 is 0 Å². The molecule has 1 heterocycles. The number of halogens is 1. The molecule has 0 saturated carbocycles. The fourth-order valence-corrected chi connectivity index (χ4v) is 1.48. The summed E-state index contributed by atoms with van der Waals surface area (Å²) in [6.45, 7) is 7.10. The standard InChI is InChI=1S/C13H20FN3O/c1-4-15-12-11(14)10(6-8-16-12)13(18)17-7-5-9(2)3/h6,8-9H,4-5,7H2,1-3H3,(H,15,16)(H,17,18). The van der Waals surface area contributed by atoms with Gasteiger partial charge in [-0.25, -0.2) is 9.37 Å². The monoisotopic (exact) mass is 253 g/mol. The molecule has 2 N–H and O–H groups in total. The average molecular weight is 253 g/mol. The predicted octanol–water partition coefficient (Wildman–Crippen LogP) is 2.43. The van der Waals surface area contributed by atoms with Crippen molar-refractivity contribution in [2.24, 2.45) is 5.92 Å². The molecule has 4 nitrogen and oxygen atoms in total. The largest absolute Gasteiger partial charge is 0.368 e. The summed E-state index contributed by atoms with van der Waals surface area (Å²) in [5.74, 6) is -0.366. The van der Waals surface area contributed by atoms with E-state index < -0.39 is 11.7 Å². The van der Waals surface area contributed by atoms with Crippen LogP contribution in [0.4, 0.5) is 10.2 Å². The lowest BCUT2D eigenvalue weighted by Gasteiger charge is -2.10. The van der Waals surface area contributed by atoms with E-state index in [4.69, 9.17) is 0 Å². The molecule has 1 rings (SSSR count). The maximum atomic E-state index is 13.9. The molecule has 0 atom stereocenters. The Labute approximate surface area is 107 Å². The summed E-state index contributed by atoms with van der Waals surface area (Å²) < 4.78 is 13.9. The molecule has 0 saturated heterocycles. The van der Waals surface area contributed by atoms with Gasteiger partial charge in [0.15, 0.2) is 11.6 Å². The number of carbonyl (C=O) groups excluding carboxylic acids is 1. The number of anilines is 1. The number of rotatable bonds is 6. The first kappa shape index (κ1) is 14.4. The highest BCUT2D eigenvalue weighted by atomic mass is 19.1. The molecule has 1 aromatic rings. The first-order valence-corrected chi connectivity index (χ1v) is 6.22. The lowest BCUT2D eigenvalue weighted by molar-refractivity contribution is 0.0948. The van der Waals surface area contributed by atoms with E-state index in [1.165, 1.54) is 12.3 Å². The van der Waals surface area contributed by atoms with Crippen molar-refractivity contribution >= 4 is 11.7 Å². The molecule has 0 bridgehead atoms. The molecule has 0 unspecified atom stereocenters. The SMILES string of the molecule is CCNc1nccc(C(=O)NCCC(C)C)c1F. The van der Waals surface area contributed by atoms with Gasteiger partial charge in [0.2, 0.25) is 0 Å². The zero-order valence-electron chi connectivity index (χ0n) is 11.1. The Kier molecular flexibility index (Phi) is 5.55. The van der Waals surface area contributed by atoms with E-state index in [1.807, 2.05) is 6.92 Å². The van der Waals surface area contributed by atoms with Crippen molar-refractivity contribution in [2.75, 3.05) is 18.4 Å². The van der Waals surface area contributed by atoms with Gasteiger partial charge in [0.05, 0.1) is 5.56 Å². The molecule has 0 aliphatic heterocycles. The van der Waals surface area contributed by atoms with Crippen molar-refractivity contribution in [3.8, 4) is 0 Å². The summed E-state index contributed by atoms with van der Waals surface area (Å²) in [6, 6.07) is 1.39. The summed E-state index contributed by atoms with van der Waals surface area (Å²) >= 11 is 0. The minimum Gasteiger partial charge on any atom is -0.368 e. The van der Waals surface area contributed by atoms with Gasteiger partial charge in [0.25, 0.3) is 5.91 Å². The zero-order valence-corrected chi connectivity index (χ0v) is 11.1. The smallest absolute Gasteiger partial charge is 0.254 e. The van der Waals surface area contributed by atoms with Crippen LogP contribution in [0.25, 0.3) is 0 Å². The number of carbonyl (C=O) groups is 1. The Morgan fingerprint density at radius 2 is 2.22 bits per heavy atom. The number of amides is 1. The molecule has 1 aromatic heterocycles. The van der Waals surface area contributed by atoms with Gasteiger partial charge in [-0.05, 0) is 25.3 Å². The number of hydrogen-bond donors (Lipinski definition) is 2. The molecule has 18 heavy (non-hydrogen) atoms. The Hall–Kier alpha value is -1.65. The summed E-state index contributed by atoms with van der Waals surface area (Å²) in [6.07, 6.45) is 2.30. The van der Waals surface area contributed by atoms with Gasteiger partial charge in [-0.3, -0.25) is 4.79 Å². The van der Waals surface area contributed by atoms with E-state index in [1.54, 1.807) is 0 Å². The molecule has 0 fully saturated rings. The summed E-state index contributed by atoms with van der Waals surface area (Å²) in [7, 11) is 0. The quantitative estimate of drug-likeness (QED) is 0.818. The molecule has 0 aliphatic carbocycles. The molecular formula is C13H20FN3O. The van der Waals surface area contributed by atoms with E-state index in [0.717, 1.165) is 6.42 Å². The fourth-order valence-electron chi connectivity index (χ4n) is 1.48. The summed E-state index contributed by atoms with van der Waals surface area (Å²) in [5.41, 5.74) is 0.0321. The summed E-state index contributed by atoms with van der Waals surface area (Å²) in [4.78, 5) is 15.7. The van der Waals surface area contributed by atoms with Crippen LogP contribution in [0.15, 0.2) is 12.3 Å². The Balaban J connectivity index is 2.70. The van der Waals surface area contributed by atoms with E-state index in [-0.39, 0.29) is 11.4 Å². The molecule has 5 heteroatoms. The maximum absolute atomic E-state index is 13.9. The van der Waals surface area contributed by atoms with Gasteiger partial charge >= 0.3 is 0 Å². The Morgan fingerprint density at radius 3 is 2.83 bits per heavy atom. The third-order valence-electron chi connectivity index (χ3n) is 2.49. The van der Waals surface area contributed by atoms with Crippen molar-refractivity contribution in [3.05, 3.63) is 23.6 Å². The molecule has 0 aromatic carbocycles. The third-order valence-corrected chi connectivity index (χ3v) is 2.49. The van der Waals surface area contributed by atoms with Crippen LogP contribution in [0.3, 0.4) is 0 Å². The van der Waals surface area contributed by atoms with E-state index in [0.29, 0.717) is 19.0 Å². The highest BCUT2D eigenvalue weighted by Crippen LogP contribution is 2.14. The molecule has 0 spiro atoms. The van der Waals surface area contributed by atoms with Crippen LogP contribution in [-0.2, 0) is 0 Å². The number of nitrogens with zero attached hydrogens (tertiary/aromatic N) is 1. The highest BCUT2D eigenvalue weighted by molar-refractivity contribution is 5.95. The topological polar surface area (TPSA) is 54.0 Å². The molecule has 0 aliphatic rings. The van der Waals surface area contributed by atoms with Gasteiger partial charge in [-0.15, -0.1) is 0 Å². The highest BCUT2D eigenvalue weighted by Gasteiger charge is 2.15. The van der Waals surface area contributed by atoms with Gasteiger partial charge in [-0.1, -0.05) is 13.8 Å². The van der Waals surface area contributed by atoms with Gasteiger partial charge in [0.1, 0.15) is 0 Å². The summed E-state index contributed by atoms with van der Waals surface area (Å²) in [5, 5.41) is 5.49. The van der Waals surface area contributed by atoms with Crippen LogP contribution in [0, 0.1) is 11.7 Å². The van der Waals surface area contributed by atoms with Crippen LogP contribution in [0.5, 0.6) is 0 Å². The van der Waals surface area contributed by atoms with Gasteiger partial charge in [-0.2, -0.15) is 0 Å². The second-order valence-corrected chi connectivity index (χ2v) is 4.49. The first-order valence-electron chi connectivity index (χ1n) is 6.22. The number of aromatic nitrogens is 1. The van der Waals surface area contributed by atoms with Crippen LogP contribution in [0.1, 0.15) is 37.6 Å². The minimum atomic E-state index is -0.596. The van der Waals surface area contributed by atoms with Crippen molar-refractivity contribution in [2.45, 2.75) is 27.2 Å². The van der Waals surface area contributed by atoms with E-state index in [2.05, 4.69) is 29.5 Å². The van der Waals surface area contributed by atoms with E-state index in [9.17, 15) is 9.18 Å². The van der Waals surface area contributed by atoms with Gasteiger partial charge in [0, 0.05) is 19.3 Å². The lowest BCUT2D eigenvalue weighted by Crippen LogP contribution is -2.26. The van der Waals surface area contributed by atoms with Crippen molar-refractivity contribution in [1.29, 1.82) is 0 Å². The fraction of sp³-hybridized carbons (Fsp3) is 0.538. The third kappa shape index (κ3) is 3.98. The van der Waals surface area contributed by atoms with Crippen molar-refractivity contribution in [1.82, 2.24) is 10.3 Å². The molecular weight excluding hydrogens is 233 g/mol. The Morgan fingerprint density at radius 1 is 1.50 bits per heavy atom. The Bertz CT molecular complexity index is 407. The molecule has 1 amide bonds. The van der Waals surface area contributed by atoms with Crippen LogP contribution >= 0.6 is 0 Å². The van der Waals surface area contributed by atoms with Crippen LogP contribution < -0.4 is 10.6 Å². The van der Waals surface area contributed by atoms with Crippen molar-refractivity contribution in [3.63, 3.8) is 0 Å². The second kappa shape index (κ2) is 6.93. The molecule has 100 valence electrons. The predicted molar refractivity (Wildman–Crippen MR) is 70.1 cm³/mol. The number of pyridine rings is 1. The second-order valence-electron chi connectivity index (χ2n) is 4.49. The zero-order chi connectivity index (χ0) is 13.5. The van der Waals surface area contributed by atoms with Crippen molar-refractivity contribution < 1.29 is 9.18 Å². The lowest BCUT2D eigenvalue weighted by atomic mass is 10.1. The van der Waals surface area contributed by atoms with Crippen LogP contribution in [-0.4, -0.2) is 24.0 Å². The minimum absolute atomic E-state index is 0.0321.